The van der Waals surface area contributed by atoms with Crippen LogP contribution in [-0.2, 0) is 10.0 Å². The lowest BCUT2D eigenvalue weighted by Crippen LogP contribution is -2.20. The summed E-state index contributed by atoms with van der Waals surface area (Å²) in [5.41, 5.74) is 3.90. The van der Waals surface area contributed by atoms with Gasteiger partial charge in [0.1, 0.15) is 5.75 Å². The Balaban J connectivity index is 2.12. The number of anilines is 1. The Hall–Kier alpha value is -2.87. The number of hydrazone groups is 1. The monoisotopic (exact) mass is 403 g/mol. The van der Waals surface area contributed by atoms with Crippen LogP contribution in [0.1, 0.15) is 43.5 Å². The summed E-state index contributed by atoms with van der Waals surface area (Å²) in [6.07, 6.45) is 2.84. The Morgan fingerprint density at radius 1 is 1.14 bits per heavy atom. The molecule has 0 radical (unpaired) electrons. The zero-order chi connectivity index (χ0) is 20.6. The van der Waals surface area contributed by atoms with E-state index in [-0.39, 0.29) is 10.5 Å². The minimum absolute atomic E-state index is 0.0114. The van der Waals surface area contributed by atoms with Gasteiger partial charge in [0, 0.05) is 17.0 Å². The molecule has 7 nitrogen and oxygen atoms in total. The minimum Gasteiger partial charge on any atom is -0.497 e. The Kier molecular flexibility index (Phi) is 7.57. The second-order valence-electron chi connectivity index (χ2n) is 6.25. The maximum absolute atomic E-state index is 12.6. The second-order valence-corrected chi connectivity index (χ2v) is 7.94. The molecule has 0 heterocycles. The molecule has 0 aromatic heterocycles. The first kappa shape index (κ1) is 21.4. The largest absolute Gasteiger partial charge is 0.497 e. The molecule has 2 aromatic carbocycles. The number of sulfonamides is 1. The van der Waals surface area contributed by atoms with Gasteiger partial charge in [-0.05, 0) is 62.2 Å². The van der Waals surface area contributed by atoms with Gasteiger partial charge in [-0.2, -0.15) is 5.10 Å². The normalized spacial score (nSPS) is 11.8. The van der Waals surface area contributed by atoms with Crippen molar-refractivity contribution in [3.63, 3.8) is 0 Å². The topological polar surface area (TPSA) is 96.9 Å². The Morgan fingerprint density at radius 3 is 2.50 bits per heavy atom. The molecule has 0 bridgehead atoms. The molecule has 28 heavy (non-hydrogen) atoms. The number of hydrogen-bond acceptors (Lipinski definition) is 5. The van der Waals surface area contributed by atoms with E-state index >= 15 is 0 Å². The molecule has 0 unspecified atom stereocenters. The molecule has 1 amide bonds. The lowest BCUT2D eigenvalue weighted by atomic mass is 10.2. The van der Waals surface area contributed by atoms with Gasteiger partial charge in [0.15, 0.2) is 0 Å². The summed E-state index contributed by atoms with van der Waals surface area (Å²) in [5.74, 6) is 0.161. The highest BCUT2D eigenvalue weighted by Crippen LogP contribution is 2.20. The predicted octanol–water partition coefficient (Wildman–Crippen LogP) is 3.79. The molecular formula is C20H25N3O4S. The van der Waals surface area contributed by atoms with Gasteiger partial charge in [-0.15, -0.1) is 0 Å². The van der Waals surface area contributed by atoms with E-state index in [1.807, 2.05) is 6.92 Å². The van der Waals surface area contributed by atoms with Crippen LogP contribution in [0.25, 0.3) is 0 Å². The van der Waals surface area contributed by atoms with Crippen molar-refractivity contribution in [3.05, 3.63) is 54.1 Å². The first-order valence-electron chi connectivity index (χ1n) is 8.96. The molecule has 0 saturated heterocycles. The molecule has 2 N–H and O–H groups in total. The molecule has 0 aliphatic carbocycles. The highest BCUT2D eigenvalue weighted by molar-refractivity contribution is 7.92. The number of nitrogens with one attached hydrogen (secondary N) is 2. The van der Waals surface area contributed by atoms with Gasteiger partial charge in [0.25, 0.3) is 15.9 Å². The van der Waals surface area contributed by atoms with Crippen LogP contribution in [-0.4, -0.2) is 27.1 Å². The summed E-state index contributed by atoms with van der Waals surface area (Å²) in [7, 11) is -2.31. The number of rotatable bonds is 9. The standard InChI is InChI=1S/C20H25N3O4S/c1-4-5-7-15(2)21-22-20(24)16-8-6-9-19(14-16)28(25,26)23-17-10-12-18(27-3)13-11-17/h6,8-14,23H,4-5,7H2,1-3H3,(H,22,24)/b21-15-. The molecular weight excluding hydrogens is 378 g/mol. The number of unbranched alkanes of at least 4 members (excludes halogenated alkanes) is 1. The van der Waals surface area contributed by atoms with Crippen LogP contribution in [0.15, 0.2) is 58.5 Å². The third kappa shape index (κ3) is 6.09. The van der Waals surface area contributed by atoms with E-state index in [2.05, 4.69) is 22.2 Å². The van der Waals surface area contributed by atoms with Crippen LogP contribution in [0.5, 0.6) is 5.75 Å². The van der Waals surface area contributed by atoms with E-state index in [1.165, 1.54) is 25.3 Å². The van der Waals surface area contributed by atoms with Crippen LogP contribution < -0.4 is 14.9 Å². The maximum atomic E-state index is 12.6. The summed E-state index contributed by atoms with van der Waals surface area (Å²) >= 11 is 0. The first-order valence-corrected chi connectivity index (χ1v) is 10.4. The first-order chi connectivity index (χ1) is 13.4. The van der Waals surface area contributed by atoms with Crippen molar-refractivity contribution in [3.8, 4) is 5.75 Å². The fourth-order valence-corrected chi connectivity index (χ4v) is 3.48. The SMILES string of the molecule is CCCC/C(C)=N\NC(=O)c1cccc(S(=O)(=O)Nc2ccc(OC)cc2)c1. The Bertz CT molecular complexity index is 938. The second kappa shape index (κ2) is 9.89. The third-order valence-corrected chi connectivity index (χ3v) is 5.37. The number of carbonyl (C=O) groups is 1. The number of nitrogens with zero attached hydrogens (tertiary/aromatic N) is 1. The molecule has 0 atom stereocenters. The third-order valence-electron chi connectivity index (χ3n) is 3.99. The van der Waals surface area contributed by atoms with Gasteiger partial charge < -0.3 is 4.74 Å². The lowest BCUT2D eigenvalue weighted by Gasteiger charge is -2.10. The highest BCUT2D eigenvalue weighted by atomic mass is 32.2. The average Bonchev–Trinajstić information content (AvgIpc) is 2.70. The zero-order valence-corrected chi connectivity index (χ0v) is 17.0. The number of carbonyl (C=O) groups excluding carboxylic acids is 1. The van der Waals surface area contributed by atoms with E-state index < -0.39 is 15.9 Å². The summed E-state index contributed by atoms with van der Waals surface area (Å²) in [6, 6.07) is 12.3. The van der Waals surface area contributed by atoms with Gasteiger partial charge >= 0.3 is 0 Å². The molecule has 2 rings (SSSR count). The van der Waals surface area contributed by atoms with E-state index in [1.54, 1.807) is 30.3 Å². The molecule has 0 aliphatic rings. The Labute approximate surface area is 165 Å². The van der Waals surface area contributed by atoms with Gasteiger partial charge in [0.2, 0.25) is 0 Å². The van der Waals surface area contributed by atoms with Gasteiger partial charge in [0.05, 0.1) is 12.0 Å². The average molecular weight is 404 g/mol. The lowest BCUT2D eigenvalue weighted by molar-refractivity contribution is 0.0954. The van der Waals surface area contributed by atoms with Crippen LogP contribution in [0, 0.1) is 0 Å². The molecule has 0 spiro atoms. The van der Waals surface area contributed by atoms with E-state index in [0.29, 0.717) is 11.4 Å². The summed E-state index contributed by atoms with van der Waals surface area (Å²) in [5, 5.41) is 4.05. The van der Waals surface area contributed by atoms with Gasteiger partial charge in [-0.25, -0.2) is 13.8 Å². The molecule has 0 aliphatic heterocycles. The molecule has 0 fully saturated rings. The highest BCUT2D eigenvalue weighted by Gasteiger charge is 2.16. The van der Waals surface area contributed by atoms with Crippen molar-refractivity contribution in [2.75, 3.05) is 11.8 Å². The van der Waals surface area contributed by atoms with Crippen molar-refractivity contribution < 1.29 is 17.9 Å². The molecule has 2 aromatic rings. The molecule has 0 saturated carbocycles. The van der Waals surface area contributed by atoms with E-state index in [0.717, 1.165) is 25.0 Å². The van der Waals surface area contributed by atoms with E-state index in [9.17, 15) is 13.2 Å². The van der Waals surface area contributed by atoms with Crippen molar-refractivity contribution in [1.82, 2.24) is 5.43 Å². The summed E-state index contributed by atoms with van der Waals surface area (Å²) in [4.78, 5) is 12.3. The summed E-state index contributed by atoms with van der Waals surface area (Å²) < 4.78 is 32.8. The van der Waals surface area contributed by atoms with Crippen LogP contribution in [0.4, 0.5) is 5.69 Å². The fourth-order valence-electron chi connectivity index (χ4n) is 2.38. The maximum Gasteiger partial charge on any atom is 0.271 e. The molecule has 150 valence electrons. The Morgan fingerprint density at radius 2 is 1.86 bits per heavy atom. The zero-order valence-electron chi connectivity index (χ0n) is 16.2. The van der Waals surface area contributed by atoms with Crippen molar-refractivity contribution >= 4 is 27.3 Å². The van der Waals surface area contributed by atoms with E-state index in [4.69, 9.17) is 4.74 Å². The van der Waals surface area contributed by atoms with Crippen molar-refractivity contribution in [2.24, 2.45) is 5.10 Å². The fraction of sp³-hybridized carbons (Fsp3) is 0.300. The number of ether oxygens (including phenoxy) is 1. The quantitative estimate of drug-likeness (QED) is 0.492. The number of benzene rings is 2. The smallest absolute Gasteiger partial charge is 0.271 e. The number of amides is 1. The predicted molar refractivity (Wildman–Crippen MR) is 110 cm³/mol. The van der Waals surface area contributed by atoms with Gasteiger partial charge in [-0.3, -0.25) is 9.52 Å². The van der Waals surface area contributed by atoms with Crippen molar-refractivity contribution in [1.29, 1.82) is 0 Å². The number of methoxy groups -OCH3 is 1. The van der Waals surface area contributed by atoms with Crippen molar-refractivity contribution in [2.45, 2.75) is 38.0 Å². The molecule has 8 heteroatoms. The van der Waals surface area contributed by atoms with Crippen LogP contribution >= 0.6 is 0 Å². The van der Waals surface area contributed by atoms with Gasteiger partial charge in [-0.1, -0.05) is 19.4 Å². The minimum atomic E-state index is -3.84. The number of hydrogen-bond donors (Lipinski definition) is 2. The van der Waals surface area contributed by atoms with Crippen LogP contribution in [0.3, 0.4) is 0 Å². The van der Waals surface area contributed by atoms with Crippen LogP contribution in [0.2, 0.25) is 0 Å². The summed E-state index contributed by atoms with van der Waals surface area (Å²) in [6.45, 7) is 3.92.